The van der Waals surface area contributed by atoms with Gasteiger partial charge in [-0.2, -0.15) is 0 Å². The zero-order valence-corrected chi connectivity index (χ0v) is 16.3. The summed E-state index contributed by atoms with van der Waals surface area (Å²) in [6.45, 7) is 3.18. The fourth-order valence-electron chi connectivity index (χ4n) is 4.90. The Kier molecular flexibility index (Phi) is 5.09. The van der Waals surface area contributed by atoms with Gasteiger partial charge in [0.1, 0.15) is 11.9 Å². The van der Waals surface area contributed by atoms with Crippen LogP contribution in [0.15, 0.2) is 18.2 Å². The van der Waals surface area contributed by atoms with E-state index in [-0.39, 0.29) is 25.3 Å². The van der Waals surface area contributed by atoms with E-state index in [1.165, 1.54) is 17.4 Å². The highest BCUT2D eigenvalue weighted by Crippen LogP contribution is 2.53. The second-order valence-electron chi connectivity index (χ2n) is 8.46. The first kappa shape index (κ1) is 19.1. The molecule has 7 nitrogen and oxygen atoms in total. The third kappa shape index (κ3) is 3.69. The quantitative estimate of drug-likeness (QED) is 0.782. The van der Waals surface area contributed by atoms with Crippen molar-refractivity contribution in [2.24, 2.45) is 17.8 Å². The van der Waals surface area contributed by atoms with Gasteiger partial charge in [0.2, 0.25) is 0 Å². The van der Waals surface area contributed by atoms with Gasteiger partial charge in [-0.15, -0.1) is 0 Å². The molecule has 0 aromatic heterocycles. The van der Waals surface area contributed by atoms with Gasteiger partial charge in [0.15, 0.2) is 6.29 Å². The Morgan fingerprint density at radius 3 is 2.69 bits per heavy atom. The minimum atomic E-state index is -0.561. The second-order valence-corrected chi connectivity index (χ2v) is 8.46. The maximum atomic E-state index is 14.8. The fraction of sp³-hybridized carbons (Fsp3) is 0.667. The minimum Gasteiger partial charge on any atom is -0.441 e. The van der Waals surface area contributed by atoms with Crippen molar-refractivity contribution in [2.75, 3.05) is 49.3 Å². The van der Waals surface area contributed by atoms with Gasteiger partial charge in [0.05, 0.1) is 31.1 Å². The van der Waals surface area contributed by atoms with Crippen LogP contribution in [0.3, 0.4) is 0 Å². The highest BCUT2D eigenvalue weighted by molar-refractivity contribution is 5.90. The lowest BCUT2D eigenvalue weighted by Crippen LogP contribution is -2.28. The third-order valence-electron chi connectivity index (χ3n) is 6.65. The molecule has 1 aromatic carbocycles. The molecule has 5 atom stereocenters. The molecule has 2 unspecified atom stereocenters. The molecule has 0 radical (unpaired) electrons. The van der Waals surface area contributed by atoms with E-state index in [1.54, 1.807) is 12.1 Å². The Labute approximate surface area is 169 Å². The molecule has 5 rings (SSSR count). The minimum absolute atomic E-state index is 0.0473. The second kappa shape index (κ2) is 7.74. The van der Waals surface area contributed by atoms with E-state index < -0.39 is 12.2 Å². The van der Waals surface area contributed by atoms with Crippen molar-refractivity contribution in [1.29, 1.82) is 0 Å². The Bertz CT molecular complexity index is 759. The molecule has 1 aromatic rings. The van der Waals surface area contributed by atoms with E-state index >= 15 is 0 Å². The number of amides is 1. The molecule has 1 N–H and O–H groups in total. The number of aliphatic hydroxyl groups is 1. The zero-order chi connectivity index (χ0) is 20.0. The molecule has 0 spiro atoms. The lowest BCUT2D eigenvalue weighted by molar-refractivity contribution is -0.165. The SMILES string of the molecule is O=C1O[C@@H](CO)CN1c1ccc(N2C[C@@H]3C(COC4CCCCO4)[C@@H]3C2)c(F)c1. The number of anilines is 2. The normalized spacial score (nSPS) is 33.7. The molecule has 1 saturated carbocycles. The molecule has 1 aliphatic carbocycles. The number of aliphatic hydroxyl groups excluding tert-OH is 1. The summed E-state index contributed by atoms with van der Waals surface area (Å²) in [5.41, 5.74) is 1.03. The van der Waals surface area contributed by atoms with Crippen molar-refractivity contribution in [3.63, 3.8) is 0 Å². The Morgan fingerprint density at radius 2 is 2.03 bits per heavy atom. The summed E-state index contributed by atoms with van der Waals surface area (Å²) in [6, 6.07) is 4.85. The van der Waals surface area contributed by atoms with Gasteiger partial charge in [-0.3, -0.25) is 4.90 Å². The summed E-state index contributed by atoms with van der Waals surface area (Å²) >= 11 is 0. The van der Waals surface area contributed by atoms with E-state index in [0.717, 1.165) is 39.1 Å². The molecule has 4 aliphatic rings. The molecule has 3 aliphatic heterocycles. The van der Waals surface area contributed by atoms with Gasteiger partial charge < -0.3 is 24.2 Å². The maximum Gasteiger partial charge on any atom is 0.414 e. The van der Waals surface area contributed by atoms with Gasteiger partial charge in [-0.1, -0.05) is 0 Å². The first-order valence-corrected chi connectivity index (χ1v) is 10.5. The number of piperidine rings is 1. The number of carbonyl (C=O) groups is 1. The van der Waals surface area contributed by atoms with Crippen LogP contribution < -0.4 is 9.80 Å². The van der Waals surface area contributed by atoms with Crippen LogP contribution in [-0.4, -0.2) is 63.0 Å². The highest BCUT2D eigenvalue weighted by Gasteiger charge is 2.56. The monoisotopic (exact) mass is 406 g/mol. The van der Waals surface area contributed by atoms with Gasteiger partial charge in [-0.05, 0) is 55.2 Å². The van der Waals surface area contributed by atoms with Crippen molar-refractivity contribution in [3.05, 3.63) is 24.0 Å². The Hall–Kier alpha value is -1.90. The van der Waals surface area contributed by atoms with E-state index in [2.05, 4.69) is 4.90 Å². The highest BCUT2D eigenvalue weighted by atomic mass is 19.1. The van der Waals surface area contributed by atoms with E-state index in [4.69, 9.17) is 19.3 Å². The van der Waals surface area contributed by atoms with Crippen molar-refractivity contribution in [1.82, 2.24) is 0 Å². The van der Waals surface area contributed by atoms with Crippen molar-refractivity contribution in [2.45, 2.75) is 31.7 Å². The van der Waals surface area contributed by atoms with Crippen LogP contribution in [-0.2, 0) is 14.2 Å². The molecule has 158 valence electrons. The van der Waals surface area contributed by atoms with Crippen molar-refractivity contribution < 1.29 is 28.5 Å². The Balaban J connectivity index is 1.16. The summed E-state index contributed by atoms with van der Waals surface area (Å²) < 4.78 is 31.4. The summed E-state index contributed by atoms with van der Waals surface area (Å²) in [7, 11) is 0. The average molecular weight is 406 g/mol. The predicted molar refractivity (Wildman–Crippen MR) is 103 cm³/mol. The number of rotatable bonds is 6. The molecule has 3 heterocycles. The fourth-order valence-corrected chi connectivity index (χ4v) is 4.90. The van der Waals surface area contributed by atoms with Crippen LogP contribution in [0.1, 0.15) is 19.3 Å². The third-order valence-corrected chi connectivity index (χ3v) is 6.65. The van der Waals surface area contributed by atoms with E-state index in [9.17, 15) is 9.18 Å². The standard InChI is InChI=1S/C21H27FN2O5/c22-18-7-13(24-8-14(11-25)29-21(24)26)4-5-19(18)23-9-15-16(10-23)17(15)12-28-20-3-1-2-6-27-20/h4-5,7,14-17,20,25H,1-3,6,8-12H2/t14-,15-,16+,17?,20?/m1/s1. The number of hydrogen-bond acceptors (Lipinski definition) is 6. The number of nitrogens with zero attached hydrogens (tertiary/aromatic N) is 2. The number of hydrogen-bond donors (Lipinski definition) is 1. The topological polar surface area (TPSA) is 71.5 Å². The molecule has 8 heteroatoms. The maximum absolute atomic E-state index is 14.8. The van der Waals surface area contributed by atoms with Crippen LogP contribution in [0.5, 0.6) is 0 Å². The Morgan fingerprint density at radius 1 is 1.21 bits per heavy atom. The van der Waals surface area contributed by atoms with Gasteiger partial charge in [0, 0.05) is 19.7 Å². The molecular formula is C21H27FN2O5. The first-order chi connectivity index (χ1) is 14.1. The van der Waals surface area contributed by atoms with E-state index in [0.29, 0.717) is 29.1 Å². The molecule has 3 saturated heterocycles. The van der Waals surface area contributed by atoms with Crippen LogP contribution in [0.2, 0.25) is 0 Å². The first-order valence-electron chi connectivity index (χ1n) is 10.5. The summed E-state index contributed by atoms with van der Waals surface area (Å²) in [6.07, 6.45) is 2.11. The number of benzene rings is 1. The smallest absolute Gasteiger partial charge is 0.414 e. The number of halogens is 1. The zero-order valence-electron chi connectivity index (χ0n) is 16.3. The number of fused-ring (bicyclic) bond motifs is 1. The molecule has 0 bridgehead atoms. The molecule has 1 amide bonds. The average Bonchev–Trinajstić information content (AvgIpc) is 3.06. The summed E-state index contributed by atoms with van der Waals surface area (Å²) in [5.74, 6) is 1.31. The molecular weight excluding hydrogens is 379 g/mol. The largest absolute Gasteiger partial charge is 0.441 e. The number of ether oxygens (including phenoxy) is 3. The lowest BCUT2D eigenvalue weighted by Gasteiger charge is -2.25. The van der Waals surface area contributed by atoms with Crippen LogP contribution >= 0.6 is 0 Å². The molecule has 29 heavy (non-hydrogen) atoms. The summed E-state index contributed by atoms with van der Waals surface area (Å²) in [5, 5.41) is 9.15. The van der Waals surface area contributed by atoms with Gasteiger partial charge in [0.25, 0.3) is 0 Å². The van der Waals surface area contributed by atoms with Crippen LogP contribution in [0.25, 0.3) is 0 Å². The number of carbonyl (C=O) groups excluding carboxylic acids is 1. The van der Waals surface area contributed by atoms with E-state index in [1.807, 2.05) is 0 Å². The predicted octanol–water partition coefficient (Wildman–Crippen LogP) is 2.37. The van der Waals surface area contributed by atoms with Gasteiger partial charge >= 0.3 is 6.09 Å². The molecule has 4 fully saturated rings. The lowest BCUT2D eigenvalue weighted by atomic mass is 10.2. The van der Waals surface area contributed by atoms with Gasteiger partial charge in [-0.25, -0.2) is 9.18 Å². The van der Waals surface area contributed by atoms with Crippen LogP contribution in [0, 0.1) is 23.6 Å². The summed E-state index contributed by atoms with van der Waals surface area (Å²) in [4.78, 5) is 15.3. The van der Waals surface area contributed by atoms with Crippen molar-refractivity contribution >= 4 is 17.5 Å². The van der Waals surface area contributed by atoms with Crippen molar-refractivity contribution in [3.8, 4) is 0 Å². The number of cyclic esters (lactones) is 1. The van der Waals surface area contributed by atoms with Crippen LogP contribution in [0.4, 0.5) is 20.6 Å².